The summed E-state index contributed by atoms with van der Waals surface area (Å²) in [5.41, 5.74) is 7.61. The molecule has 1 aromatic carbocycles. The summed E-state index contributed by atoms with van der Waals surface area (Å²) in [7, 11) is 0. The minimum absolute atomic E-state index is 0.0591. The molecule has 1 aliphatic rings. The lowest BCUT2D eigenvalue weighted by Crippen LogP contribution is -2.45. The molecule has 1 heterocycles. The average molecular weight is 290 g/mol. The molecule has 1 atom stereocenters. The van der Waals surface area contributed by atoms with Crippen LogP contribution < -0.4 is 15.4 Å². The number of hydrogen-bond donors (Lipinski definition) is 1. The first-order valence-electron chi connectivity index (χ1n) is 7.95. The molecule has 0 aromatic heterocycles. The molecule has 0 radical (unpaired) electrons. The normalized spacial score (nSPS) is 17.6. The van der Waals surface area contributed by atoms with Gasteiger partial charge in [-0.3, -0.25) is 4.79 Å². The predicted octanol–water partition coefficient (Wildman–Crippen LogP) is 3.09. The van der Waals surface area contributed by atoms with Crippen LogP contribution in [0.4, 0.5) is 5.69 Å². The highest BCUT2D eigenvalue weighted by Crippen LogP contribution is 2.36. The van der Waals surface area contributed by atoms with E-state index in [1.54, 1.807) is 0 Å². The van der Waals surface area contributed by atoms with E-state index in [4.69, 9.17) is 10.5 Å². The van der Waals surface area contributed by atoms with Gasteiger partial charge in [-0.05, 0) is 37.0 Å². The second-order valence-corrected chi connectivity index (χ2v) is 5.62. The first-order valence-corrected chi connectivity index (χ1v) is 7.95. The highest BCUT2D eigenvalue weighted by molar-refractivity contribution is 5.97. The number of hydrogen-bond acceptors (Lipinski definition) is 3. The molecule has 1 amide bonds. The van der Waals surface area contributed by atoms with Crippen molar-refractivity contribution in [1.82, 2.24) is 0 Å². The van der Waals surface area contributed by atoms with Crippen molar-refractivity contribution in [3.8, 4) is 5.75 Å². The zero-order valence-corrected chi connectivity index (χ0v) is 13.3. The molecule has 0 saturated heterocycles. The summed E-state index contributed by atoms with van der Waals surface area (Å²) in [6.07, 6.45) is 2.70. The van der Waals surface area contributed by atoms with Crippen molar-refractivity contribution in [2.75, 3.05) is 11.4 Å². The van der Waals surface area contributed by atoms with Gasteiger partial charge >= 0.3 is 0 Å². The fourth-order valence-electron chi connectivity index (χ4n) is 2.80. The SMILES string of the molecule is CCC1CN(C(=O)C(CC)CC)c2ccc(CN)cc2O1. The molecule has 2 N–H and O–H groups in total. The highest BCUT2D eigenvalue weighted by Gasteiger charge is 2.31. The number of nitrogens with two attached hydrogens (primary N) is 1. The van der Waals surface area contributed by atoms with Gasteiger partial charge < -0.3 is 15.4 Å². The molecule has 1 unspecified atom stereocenters. The van der Waals surface area contributed by atoms with E-state index in [0.29, 0.717) is 13.1 Å². The smallest absolute Gasteiger partial charge is 0.230 e. The van der Waals surface area contributed by atoms with Crippen molar-refractivity contribution in [3.05, 3.63) is 23.8 Å². The Morgan fingerprint density at radius 1 is 1.38 bits per heavy atom. The minimum Gasteiger partial charge on any atom is -0.486 e. The number of anilines is 1. The van der Waals surface area contributed by atoms with Crippen molar-refractivity contribution in [1.29, 1.82) is 0 Å². The van der Waals surface area contributed by atoms with E-state index in [0.717, 1.165) is 36.3 Å². The molecule has 0 aliphatic carbocycles. The van der Waals surface area contributed by atoms with E-state index in [2.05, 4.69) is 20.8 Å². The van der Waals surface area contributed by atoms with Gasteiger partial charge in [-0.1, -0.05) is 26.8 Å². The Labute approximate surface area is 127 Å². The second kappa shape index (κ2) is 6.94. The van der Waals surface area contributed by atoms with E-state index >= 15 is 0 Å². The molecular weight excluding hydrogens is 264 g/mol. The summed E-state index contributed by atoms with van der Waals surface area (Å²) >= 11 is 0. The van der Waals surface area contributed by atoms with Crippen LogP contribution >= 0.6 is 0 Å². The van der Waals surface area contributed by atoms with Crippen molar-refractivity contribution in [3.63, 3.8) is 0 Å². The number of fused-ring (bicyclic) bond motifs is 1. The van der Waals surface area contributed by atoms with Gasteiger partial charge in [0.05, 0.1) is 12.2 Å². The number of carbonyl (C=O) groups excluding carboxylic acids is 1. The first kappa shape index (κ1) is 15.8. The number of ether oxygens (including phenoxy) is 1. The Morgan fingerprint density at radius 2 is 2.10 bits per heavy atom. The van der Waals surface area contributed by atoms with Crippen molar-refractivity contribution in [2.45, 2.75) is 52.7 Å². The van der Waals surface area contributed by atoms with Crippen LogP contribution in [0.5, 0.6) is 5.75 Å². The van der Waals surface area contributed by atoms with Gasteiger partial charge in [-0.25, -0.2) is 0 Å². The maximum atomic E-state index is 12.8. The Morgan fingerprint density at radius 3 is 2.67 bits per heavy atom. The third-order valence-electron chi connectivity index (χ3n) is 4.29. The van der Waals surface area contributed by atoms with Gasteiger partial charge in [0.1, 0.15) is 11.9 Å². The van der Waals surface area contributed by atoms with Gasteiger partial charge in [0.25, 0.3) is 0 Å². The third-order valence-corrected chi connectivity index (χ3v) is 4.29. The highest BCUT2D eigenvalue weighted by atomic mass is 16.5. The van der Waals surface area contributed by atoms with Gasteiger partial charge in [0.2, 0.25) is 5.91 Å². The molecule has 0 bridgehead atoms. The Hall–Kier alpha value is -1.55. The average Bonchev–Trinajstić information content (AvgIpc) is 2.53. The monoisotopic (exact) mass is 290 g/mol. The van der Waals surface area contributed by atoms with Gasteiger partial charge in [0.15, 0.2) is 0 Å². The van der Waals surface area contributed by atoms with Crippen molar-refractivity contribution in [2.24, 2.45) is 11.7 Å². The summed E-state index contributed by atoms with van der Waals surface area (Å²) in [5.74, 6) is 1.08. The van der Waals surface area contributed by atoms with Crippen LogP contribution in [0, 0.1) is 5.92 Å². The molecule has 116 valence electrons. The summed E-state index contributed by atoms with van der Waals surface area (Å²) in [5, 5.41) is 0. The summed E-state index contributed by atoms with van der Waals surface area (Å²) in [4.78, 5) is 14.7. The molecule has 0 fully saturated rings. The van der Waals surface area contributed by atoms with E-state index in [9.17, 15) is 4.79 Å². The summed E-state index contributed by atoms with van der Waals surface area (Å²) in [6.45, 7) is 7.35. The molecular formula is C17H26N2O2. The molecule has 0 spiro atoms. The van der Waals surface area contributed by atoms with Crippen LogP contribution in [0.3, 0.4) is 0 Å². The van der Waals surface area contributed by atoms with Crippen molar-refractivity contribution >= 4 is 11.6 Å². The van der Waals surface area contributed by atoms with Crippen LogP contribution in [0.1, 0.15) is 45.6 Å². The number of amides is 1. The van der Waals surface area contributed by atoms with Gasteiger partial charge in [-0.2, -0.15) is 0 Å². The van der Waals surface area contributed by atoms with Gasteiger partial charge in [0, 0.05) is 12.5 Å². The van der Waals surface area contributed by atoms with Gasteiger partial charge in [-0.15, -0.1) is 0 Å². The van der Waals surface area contributed by atoms with Crippen LogP contribution in [-0.2, 0) is 11.3 Å². The zero-order chi connectivity index (χ0) is 15.4. The largest absolute Gasteiger partial charge is 0.486 e. The Bertz CT molecular complexity index is 498. The molecule has 1 aliphatic heterocycles. The molecule has 0 saturated carbocycles. The number of carbonyl (C=O) groups is 1. The van der Waals surface area contributed by atoms with E-state index in [-0.39, 0.29) is 17.9 Å². The maximum Gasteiger partial charge on any atom is 0.230 e. The second-order valence-electron chi connectivity index (χ2n) is 5.62. The van der Waals surface area contributed by atoms with E-state index in [1.807, 2.05) is 23.1 Å². The lowest BCUT2D eigenvalue weighted by atomic mass is 10.00. The number of nitrogens with zero attached hydrogens (tertiary/aromatic N) is 1. The fraction of sp³-hybridized carbons (Fsp3) is 0.588. The van der Waals surface area contributed by atoms with Crippen LogP contribution in [0.15, 0.2) is 18.2 Å². The number of benzene rings is 1. The Kier molecular flexibility index (Phi) is 5.23. The van der Waals surface area contributed by atoms with Crippen LogP contribution in [0.2, 0.25) is 0 Å². The summed E-state index contributed by atoms with van der Waals surface area (Å²) < 4.78 is 6.00. The third kappa shape index (κ3) is 3.21. The first-order chi connectivity index (χ1) is 10.1. The molecule has 4 heteroatoms. The molecule has 21 heavy (non-hydrogen) atoms. The van der Waals surface area contributed by atoms with E-state index < -0.39 is 0 Å². The van der Waals surface area contributed by atoms with Crippen LogP contribution in [0.25, 0.3) is 0 Å². The lowest BCUT2D eigenvalue weighted by molar-refractivity contribution is -0.123. The number of rotatable bonds is 5. The molecule has 4 nitrogen and oxygen atoms in total. The Balaban J connectivity index is 2.36. The van der Waals surface area contributed by atoms with Crippen molar-refractivity contribution < 1.29 is 9.53 Å². The minimum atomic E-state index is 0.0591. The maximum absolute atomic E-state index is 12.8. The standard InChI is InChI=1S/C17H26N2O2/c1-4-13(5-2)17(20)19-11-14(6-3)21-16-9-12(10-18)7-8-15(16)19/h7-9,13-14H,4-6,10-11,18H2,1-3H3. The molecule has 1 aromatic rings. The summed E-state index contributed by atoms with van der Waals surface area (Å²) in [6, 6.07) is 5.90. The topological polar surface area (TPSA) is 55.6 Å². The van der Waals surface area contributed by atoms with Crippen LogP contribution in [-0.4, -0.2) is 18.6 Å². The van der Waals surface area contributed by atoms with E-state index in [1.165, 1.54) is 0 Å². The lowest BCUT2D eigenvalue weighted by Gasteiger charge is -2.36. The predicted molar refractivity (Wildman–Crippen MR) is 85.5 cm³/mol. The quantitative estimate of drug-likeness (QED) is 0.906. The fourth-order valence-corrected chi connectivity index (χ4v) is 2.80. The zero-order valence-electron chi connectivity index (χ0n) is 13.3. The molecule has 2 rings (SSSR count).